The summed E-state index contributed by atoms with van der Waals surface area (Å²) in [5.41, 5.74) is 0.0526. The first-order valence-electron chi connectivity index (χ1n) is 7.79. The van der Waals surface area contributed by atoms with Gasteiger partial charge in [-0.25, -0.2) is 0 Å². The Balaban J connectivity index is 3.07. The molecule has 0 fully saturated rings. The number of esters is 1. The summed E-state index contributed by atoms with van der Waals surface area (Å²) in [7, 11) is 0. The lowest BCUT2D eigenvalue weighted by Gasteiger charge is -2.28. The third-order valence-electron chi connectivity index (χ3n) is 3.24. The molecule has 3 nitrogen and oxygen atoms in total. The first-order valence-corrected chi connectivity index (χ1v) is 8.58. The molecule has 136 valence electrons. The van der Waals surface area contributed by atoms with Crippen LogP contribution in [0.2, 0.25) is 0 Å². The van der Waals surface area contributed by atoms with Crippen LogP contribution in [-0.4, -0.2) is 24.3 Å². The molecule has 0 spiro atoms. The van der Waals surface area contributed by atoms with Crippen molar-refractivity contribution in [3.05, 3.63) is 34.3 Å². The molecule has 1 aromatic rings. The maximum Gasteiger partial charge on any atom is 0.407 e. The van der Waals surface area contributed by atoms with Crippen LogP contribution in [0.25, 0.3) is 0 Å². The highest BCUT2D eigenvalue weighted by molar-refractivity contribution is 9.10. The highest BCUT2D eigenvalue weighted by Gasteiger charge is 2.43. The SMILES string of the molecule is CC(C)C[C@H](N[C@@H](c1ccc(Br)cc1)C(F)(F)F)C(=O)OC(C)C. The van der Waals surface area contributed by atoms with Crippen LogP contribution in [0.15, 0.2) is 28.7 Å². The lowest BCUT2D eigenvalue weighted by molar-refractivity contribution is -0.166. The molecule has 7 heteroatoms. The Bertz CT molecular complexity index is 530. The second-order valence-electron chi connectivity index (χ2n) is 6.36. The quantitative estimate of drug-likeness (QED) is 0.643. The Hall–Kier alpha value is -1.08. The molecular weight excluding hydrogens is 387 g/mol. The van der Waals surface area contributed by atoms with E-state index in [2.05, 4.69) is 21.2 Å². The van der Waals surface area contributed by atoms with E-state index in [1.54, 1.807) is 26.0 Å². The first kappa shape index (κ1) is 21.0. The summed E-state index contributed by atoms with van der Waals surface area (Å²) in [5.74, 6) is -0.619. The van der Waals surface area contributed by atoms with E-state index in [4.69, 9.17) is 4.74 Å². The fourth-order valence-electron chi connectivity index (χ4n) is 2.25. The van der Waals surface area contributed by atoms with Crippen LogP contribution in [-0.2, 0) is 9.53 Å². The molecule has 2 atom stereocenters. The summed E-state index contributed by atoms with van der Waals surface area (Å²) in [6.07, 6.45) is -4.65. The Morgan fingerprint density at radius 3 is 2.12 bits per heavy atom. The number of nitrogens with one attached hydrogen (secondary N) is 1. The van der Waals surface area contributed by atoms with Gasteiger partial charge in [0.1, 0.15) is 12.1 Å². The predicted molar refractivity (Wildman–Crippen MR) is 90.5 cm³/mol. The molecule has 0 aromatic heterocycles. The first-order chi connectivity index (χ1) is 11.0. The van der Waals surface area contributed by atoms with Crippen molar-refractivity contribution < 1.29 is 22.7 Å². The van der Waals surface area contributed by atoms with Gasteiger partial charge in [0.2, 0.25) is 0 Å². The number of benzene rings is 1. The standard InChI is InChI=1S/C17H23BrF3NO2/c1-10(2)9-14(16(23)24-11(3)4)22-15(17(19,20)21)12-5-7-13(18)8-6-12/h5-8,10-11,14-15,22H,9H2,1-4H3/t14-,15-/m0/s1. The van der Waals surface area contributed by atoms with Gasteiger partial charge in [0.25, 0.3) is 0 Å². The van der Waals surface area contributed by atoms with E-state index in [-0.39, 0.29) is 24.0 Å². The molecule has 1 N–H and O–H groups in total. The maximum absolute atomic E-state index is 13.5. The fraction of sp³-hybridized carbons (Fsp3) is 0.588. The minimum atomic E-state index is -4.53. The highest BCUT2D eigenvalue weighted by atomic mass is 79.9. The van der Waals surface area contributed by atoms with Crippen molar-refractivity contribution in [2.24, 2.45) is 5.92 Å². The molecule has 0 aliphatic rings. The number of alkyl halides is 3. The molecule has 24 heavy (non-hydrogen) atoms. The minimum absolute atomic E-state index is 0.0426. The van der Waals surface area contributed by atoms with E-state index in [0.717, 1.165) is 0 Å². The molecule has 0 radical (unpaired) electrons. The largest absolute Gasteiger partial charge is 0.462 e. The van der Waals surface area contributed by atoms with Gasteiger partial charge in [0, 0.05) is 4.47 Å². The van der Waals surface area contributed by atoms with Crippen LogP contribution in [0.1, 0.15) is 45.7 Å². The lowest BCUT2D eigenvalue weighted by Crippen LogP contribution is -2.46. The van der Waals surface area contributed by atoms with Crippen molar-refractivity contribution in [2.45, 2.75) is 58.5 Å². The van der Waals surface area contributed by atoms with E-state index >= 15 is 0 Å². The van der Waals surface area contributed by atoms with E-state index in [1.807, 2.05) is 13.8 Å². The van der Waals surface area contributed by atoms with Crippen molar-refractivity contribution in [3.8, 4) is 0 Å². The second kappa shape index (κ2) is 8.85. The fourth-order valence-corrected chi connectivity index (χ4v) is 2.52. The molecule has 0 amide bonds. The van der Waals surface area contributed by atoms with Crippen LogP contribution in [0.4, 0.5) is 13.2 Å². The van der Waals surface area contributed by atoms with Gasteiger partial charge in [-0.05, 0) is 43.9 Å². The zero-order valence-electron chi connectivity index (χ0n) is 14.2. The van der Waals surface area contributed by atoms with Gasteiger partial charge in [-0.1, -0.05) is 41.9 Å². The monoisotopic (exact) mass is 409 g/mol. The van der Waals surface area contributed by atoms with Crippen molar-refractivity contribution in [1.29, 1.82) is 0 Å². The van der Waals surface area contributed by atoms with E-state index in [1.165, 1.54) is 12.1 Å². The lowest BCUT2D eigenvalue weighted by atomic mass is 10.00. The van der Waals surface area contributed by atoms with Crippen LogP contribution >= 0.6 is 15.9 Å². The Labute approximate surface area is 149 Å². The van der Waals surface area contributed by atoms with Gasteiger partial charge in [-0.2, -0.15) is 13.2 Å². The molecule has 0 aliphatic heterocycles. The second-order valence-corrected chi connectivity index (χ2v) is 7.28. The molecule has 1 rings (SSSR count). The summed E-state index contributed by atoms with van der Waals surface area (Å²) in [4.78, 5) is 12.2. The molecule has 0 bridgehead atoms. The Morgan fingerprint density at radius 2 is 1.71 bits per heavy atom. The summed E-state index contributed by atoms with van der Waals surface area (Å²) in [5, 5.41) is 2.45. The van der Waals surface area contributed by atoms with Crippen molar-refractivity contribution in [2.75, 3.05) is 0 Å². The minimum Gasteiger partial charge on any atom is -0.462 e. The molecule has 0 saturated heterocycles. The zero-order valence-corrected chi connectivity index (χ0v) is 15.7. The van der Waals surface area contributed by atoms with Gasteiger partial charge in [-0.3, -0.25) is 10.1 Å². The number of ether oxygens (including phenoxy) is 1. The van der Waals surface area contributed by atoms with Gasteiger partial charge in [0.05, 0.1) is 6.10 Å². The van der Waals surface area contributed by atoms with E-state index < -0.39 is 24.2 Å². The topological polar surface area (TPSA) is 38.3 Å². The average Bonchev–Trinajstić information content (AvgIpc) is 2.42. The molecule has 0 heterocycles. The van der Waals surface area contributed by atoms with Crippen LogP contribution in [0, 0.1) is 5.92 Å². The summed E-state index contributed by atoms with van der Waals surface area (Å²) in [6.45, 7) is 7.03. The normalized spacial score (nSPS) is 14.8. The Morgan fingerprint density at radius 1 is 1.17 bits per heavy atom. The van der Waals surface area contributed by atoms with Crippen molar-refractivity contribution in [3.63, 3.8) is 0 Å². The predicted octanol–water partition coefficient (Wildman–Crippen LogP) is 5.01. The number of hydrogen-bond acceptors (Lipinski definition) is 3. The van der Waals surface area contributed by atoms with Gasteiger partial charge in [-0.15, -0.1) is 0 Å². The molecular formula is C17H23BrF3NO2. The van der Waals surface area contributed by atoms with Crippen LogP contribution in [0.5, 0.6) is 0 Å². The Kier molecular flexibility index (Phi) is 7.73. The number of carbonyl (C=O) groups is 1. The number of halogens is 4. The van der Waals surface area contributed by atoms with Gasteiger partial charge < -0.3 is 4.74 Å². The molecule has 0 saturated carbocycles. The average molecular weight is 410 g/mol. The third kappa shape index (κ3) is 6.81. The summed E-state index contributed by atoms with van der Waals surface area (Å²) < 4.78 is 46.3. The number of hydrogen-bond donors (Lipinski definition) is 1. The van der Waals surface area contributed by atoms with Gasteiger partial charge in [0.15, 0.2) is 0 Å². The smallest absolute Gasteiger partial charge is 0.407 e. The molecule has 0 aliphatic carbocycles. The summed E-state index contributed by atoms with van der Waals surface area (Å²) in [6, 6.07) is 2.89. The van der Waals surface area contributed by atoms with E-state index in [0.29, 0.717) is 4.47 Å². The maximum atomic E-state index is 13.5. The number of carbonyl (C=O) groups excluding carboxylic acids is 1. The van der Waals surface area contributed by atoms with Crippen LogP contribution < -0.4 is 5.32 Å². The van der Waals surface area contributed by atoms with Crippen molar-refractivity contribution in [1.82, 2.24) is 5.32 Å². The highest BCUT2D eigenvalue weighted by Crippen LogP contribution is 2.34. The molecule has 1 aromatic carbocycles. The van der Waals surface area contributed by atoms with Crippen molar-refractivity contribution >= 4 is 21.9 Å². The zero-order chi connectivity index (χ0) is 18.5. The van der Waals surface area contributed by atoms with E-state index in [9.17, 15) is 18.0 Å². The number of rotatable bonds is 7. The van der Waals surface area contributed by atoms with Crippen LogP contribution in [0.3, 0.4) is 0 Å². The third-order valence-corrected chi connectivity index (χ3v) is 3.77. The summed E-state index contributed by atoms with van der Waals surface area (Å²) >= 11 is 3.20. The molecule has 0 unspecified atom stereocenters. The van der Waals surface area contributed by atoms with Gasteiger partial charge >= 0.3 is 12.1 Å².